The molecule has 0 N–H and O–H groups in total. The van der Waals surface area contributed by atoms with Crippen LogP contribution in [0.2, 0.25) is 0 Å². The highest BCUT2D eigenvalue weighted by molar-refractivity contribution is 7.25. The van der Waals surface area contributed by atoms with Gasteiger partial charge in [-0.15, -0.1) is 11.3 Å². The molecule has 1 spiro atoms. The fourth-order valence-electron chi connectivity index (χ4n) is 9.69. The van der Waals surface area contributed by atoms with E-state index < -0.39 is 5.41 Å². The molecule has 0 fully saturated rings. The number of hydrogen-bond acceptors (Lipinski definition) is 3. The lowest BCUT2D eigenvalue weighted by Gasteiger charge is -2.39. The summed E-state index contributed by atoms with van der Waals surface area (Å²) in [5.74, 6) is 1.79. The van der Waals surface area contributed by atoms with E-state index in [0.29, 0.717) is 0 Å². The van der Waals surface area contributed by atoms with Gasteiger partial charge in [0.15, 0.2) is 0 Å². The quantitative estimate of drug-likeness (QED) is 0.173. The van der Waals surface area contributed by atoms with Gasteiger partial charge >= 0.3 is 0 Å². The zero-order chi connectivity index (χ0) is 38.2. The van der Waals surface area contributed by atoms with E-state index in [2.05, 4.69) is 217 Å². The van der Waals surface area contributed by atoms with Crippen LogP contribution in [0.4, 0.5) is 17.1 Å². The molecular weight excluding hydrogens is 723 g/mol. The van der Waals surface area contributed by atoms with Gasteiger partial charge in [-0.1, -0.05) is 152 Å². The highest BCUT2D eigenvalue weighted by Gasteiger charge is 2.51. The van der Waals surface area contributed by atoms with Gasteiger partial charge in [0.05, 0.1) is 5.41 Å². The summed E-state index contributed by atoms with van der Waals surface area (Å²) in [6.45, 7) is 0. The smallest absolute Gasteiger partial charge is 0.132 e. The van der Waals surface area contributed by atoms with Gasteiger partial charge in [-0.2, -0.15) is 0 Å². The largest absolute Gasteiger partial charge is 0.457 e. The van der Waals surface area contributed by atoms with E-state index in [4.69, 9.17) is 4.74 Å². The van der Waals surface area contributed by atoms with Crippen LogP contribution >= 0.6 is 11.3 Å². The predicted molar refractivity (Wildman–Crippen MR) is 242 cm³/mol. The van der Waals surface area contributed by atoms with Crippen LogP contribution in [0.3, 0.4) is 0 Å². The van der Waals surface area contributed by atoms with Gasteiger partial charge < -0.3 is 9.64 Å². The second-order valence-corrected chi connectivity index (χ2v) is 16.3. The average molecular weight is 758 g/mol. The summed E-state index contributed by atoms with van der Waals surface area (Å²) in [4.78, 5) is 2.42. The maximum Gasteiger partial charge on any atom is 0.132 e. The van der Waals surface area contributed by atoms with E-state index in [-0.39, 0.29) is 0 Å². The molecule has 0 atom stereocenters. The number of thiophene rings is 1. The molecule has 12 rings (SSSR count). The van der Waals surface area contributed by atoms with Crippen molar-refractivity contribution in [1.82, 2.24) is 0 Å². The molecule has 272 valence electrons. The first-order chi connectivity index (χ1) is 28.8. The standard InChI is InChI=1S/C55H35NOS/c1-2-14-36(15-3-1)38-16-12-17-40(34-38)56(39-30-28-37(29-31-39)42-20-13-27-53-54(42)45-19-5-11-26-52(45)58-53)41-32-33-44-43-18-4-6-21-46(43)55(49(44)35-41)47-22-7-9-24-50(47)57-51-25-10-8-23-48(51)55/h1-35H. The van der Waals surface area contributed by atoms with E-state index >= 15 is 0 Å². The van der Waals surface area contributed by atoms with Crippen molar-refractivity contribution in [3.8, 4) is 44.9 Å². The first-order valence-electron chi connectivity index (χ1n) is 19.8. The zero-order valence-corrected chi connectivity index (χ0v) is 32.3. The minimum Gasteiger partial charge on any atom is -0.457 e. The molecule has 0 saturated carbocycles. The Bertz CT molecular complexity index is 3170. The molecule has 0 bridgehead atoms. The van der Waals surface area contributed by atoms with Crippen LogP contribution in [-0.2, 0) is 5.41 Å². The van der Waals surface area contributed by atoms with Gasteiger partial charge in [0, 0.05) is 48.4 Å². The molecule has 3 heteroatoms. The van der Waals surface area contributed by atoms with Gasteiger partial charge in [-0.3, -0.25) is 0 Å². The topological polar surface area (TPSA) is 12.5 Å². The lowest BCUT2D eigenvalue weighted by Crippen LogP contribution is -2.32. The van der Waals surface area contributed by atoms with Gasteiger partial charge in [-0.05, 0) is 105 Å². The molecule has 0 amide bonds. The van der Waals surface area contributed by atoms with Crippen molar-refractivity contribution in [2.45, 2.75) is 5.41 Å². The summed E-state index contributed by atoms with van der Waals surface area (Å²) in [7, 11) is 0. The first kappa shape index (κ1) is 33.0. The molecule has 2 nitrogen and oxygen atoms in total. The zero-order valence-electron chi connectivity index (χ0n) is 31.5. The molecule has 10 aromatic rings. The maximum atomic E-state index is 6.65. The molecule has 58 heavy (non-hydrogen) atoms. The number of rotatable bonds is 5. The Labute approximate surface area is 341 Å². The Morgan fingerprint density at radius 3 is 1.76 bits per heavy atom. The van der Waals surface area contributed by atoms with E-state index in [9.17, 15) is 0 Å². The molecule has 2 heterocycles. The molecule has 0 radical (unpaired) electrons. The molecule has 9 aromatic carbocycles. The summed E-state index contributed by atoms with van der Waals surface area (Å²) >= 11 is 1.86. The Kier molecular flexibility index (Phi) is 7.35. The number of para-hydroxylation sites is 2. The second kappa shape index (κ2) is 12.9. The van der Waals surface area contributed by atoms with Crippen molar-refractivity contribution in [2.24, 2.45) is 0 Å². The van der Waals surface area contributed by atoms with Crippen molar-refractivity contribution < 1.29 is 4.74 Å². The van der Waals surface area contributed by atoms with Gasteiger partial charge in [0.2, 0.25) is 0 Å². The summed E-state index contributed by atoms with van der Waals surface area (Å²) in [5, 5.41) is 2.63. The van der Waals surface area contributed by atoms with Crippen molar-refractivity contribution in [1.29, 1.82) is 0 Å². The lowest BCUT2D eigenvalue weighted by molar-refractivity contribution is 0.436. The van der Waals surface area contributed by atoms with Crippen LogP contribution in [0.1, 0.15) is 22.3 Å². The van der Waals surface area contributed by atoms with Crippen LogP contribution < -0.4 is 9.64 Å². The van der Waals surface area contributed by atoms with Gasteiger partial charge in [-0.25, -0.2) is 0 Å². The highest BCUT2D eigenvalue weighted by Crippen LogP contribution is 2.62. The van der Waals surface area contributed by atoms with E-state index in [1.807, 2.05) is 11.3 Å². The summed E-state index contributed by atoms with van der Waals surface area (Å²) in [5.41, 5.74) is 14.9. The number of nitrogens with zero attached hydrogens (tertiary/aromatic N) is 1. The second-order valence-electron chi connectivity index (χ2n) is 15.2. The maximum absolute atomic E-state index is 6.65. The van der Waals surface area contributed by atoms with Crippen LogP contribution in [-0.4, -0.2) is 0 Å². The third-order valence-corrected chi connectivity index (χ3v) is 13.3. The summed E-state index contributed by atoms with van der Waals surface area (Å²) in [6, 6.07) is 77.4. The molecule has 1 aromatic heterocycles. The predicted octanol–water partition coefficient (Wildman–Crippen LogP) is 15.3. The minimum absolute atomic E-state index is 0.559. The first-order valence-corrected chi connectivity index (χ1v) is 20.6. The number of benzene rings is 9. The molecule has 0 saturated heterocycles. The number of fused-ring (bicyclic) bond motifs is 12. The molecule has 0 unspecified atom stereocenters. The molecular formula is C55H35NOS. The number of ether oxygens (including phenoxy) is 1. The van der Waals surface area contributed by atoms with E-state index in [1.54, 1.807) is 0 Å². The van der Waals surface area contributed by atoms with Crippen LogP contribution in [0.5, 0.6) is 11.5 Å². The third kappa shape index (κ3) is 4.84. The average Bonchev–Trinajstić information content (AvgIpc) is 3.81. The fourth-order valence-corrected chi connectivity index (χ4v) is 10.8. The Morgan fingerprint density at radius 2 is 0.948 bits per heavy atom. The Morgan fingerprint density at radius 1 is 0.362 bits per heavy atom. The Hall–Kier alpha value is -7.20. The van der Waals surface area contributed by atoms with Crippen molar-refractivity contribution in [2.75, 3.05) is 4.90 Å². The summed E-state index contributed by atoms with van der Waals surface area (Å²) in [6.07, 6.45) is 0. The normalized spacial score (nSPS) is 13.1. The molecule has 2 aliphatic rings. The van der Waals surface area contributed by atoms with Crippen LogP contribution in [0, 0.1) is 0 Å². The van der Waals surface area contributed by atoms with Crippen molar-refractivity contribution >= 4 is 48.6 Å². The van der Waals surface area contributed by atoms with Crippen LogP contribution in [0.15, 0.2) is 212 Å². The minimum atomic E-state index is -0.559. The number of anilines is 3. The monoisotopic (exact) mass is 757 g/mol. The van der Waals surface area contributed by atoms with Crippen molar-refractivity contribution in [3.63, 3.8) is 0 Å². The Balaban J connectivity index is 1.08. The van der Waals surface area contributed by atoms with E-state index in [1.165, 1.54) is 64.7 Å². The van der Waals surface area contributed by atoms with Gasteiger partial charge in [0.1, 0.15) is 11.5 Å². The number of hydrogen-bond donors (Lipinski definition) is 0. The van der Waals surface area contributed by atoms with E-state index in [0.717, 1.165) is 39.7 Å². The lowest BCUT2D eigenvalue weighted by atomic mass is 9.66. The fraction of sp³-hybridized carbons (Fsp3) is 0.0182. The molecule has 1 aliphatic carbocycles. The SMILES string of the molecule is c1ccc(-c2cccc(N(c3ccc(-c4cccc5sc6ccccc6c45)cc3)c3ccc4c(c3)C3(c5ccccc5Oc5ccccc53)c3ccccc3-4)c2)cc1. The summed E-state index contributed by atoms with van der Waals surface area (Å²) < 4.78 is 9.28. The third-order valence-electron chi connectivity index (χ3n) is 12.1. The van der Waals surface area contributed by atoms with Gasteiger partial charge in [0.25, 0.3) is 0 Å². The van der Waals surface area contributed by atoms with Crippen LogP contribution in [0.25, 0.3) is 53.6 Å². The van der Waals surface area contributed by atoms with Crippen molar-refractivity contribution in [3.05, 3.63) is 235 Å². The molecule has 1 aliphatic heterocycles. The highest BCUT2D eigenvalue weighted by atomic mass is 32.1.